The van der Waals surface area contributed by atoms with Gasteiger partial charge in [0.15, 0.2) is 0 Å². The molecular formula is C11H20O. The lowest BCUT2D eigenvalue weighted by Crippen LogP contribution is -2.24. The Hall–Kier alpha value is -0.330. The number of carbonyl (C=O) groups excluding carboxylic acids is 1. The summed E-state index contributed by atoms with van der Waals surface area (Å²) < 4.78 is 0. The molecule has 1 aliphatic carbocycles. The van der Waals surface area contributed by atoms with E-state index in [1.165, 1.54) is 0 Å². The van der Waals surface area contributed by atoms with E-state index in [2.05, 4.69) is 20.8 Å². The Morgan fingerprint density at radius 1 is 1.50 bits per heavy atom. The first-order valence-electron chi connectivity index (χ1n) is 5.12. The van der Waals surface area contributed by atoms with Crippen LogP contribution in [0.15, 0.2) is 0 Å². The van der Waals surface area contributed by atoms with E-state index in [1.807, 2.05) is 0 Å². The van der Waals surface area contributed by atoms with Crippen LogP contribution in [0.2, 0.25) is 0 Å². The fourth-order valence-electron chi connectivity index (χ4n) is 2.12. The minimum Gasteiger partial charge on any atom is -0.299 e. The zero-order valence-electron chi connectivity index (χ0n) is 8.47. The van der Waals surface area contributed by atoms with Gasteiger partial charge in [-0.05, 0) is 31.1 Å². The van der Waals surface area contributed by atoms with Gasteiger partial charge >= 0.3 is 0 Å². The van der Waals surface area contributed by atoms with Gasteiger partial charge in [0.05, 0.1) is 0 Å². The smallest absolute Gasteiger partial charge is 0.136 e. The molecule has 0 amide bonds. The Kier molecular flexibility index (Phi) is 3.30. The number of Topliss-reactive ketones (excluding diaryl/α,β-unsaturated/α-hetero) is 1. The Bertz CT molecular complexity index is 158. The summed E-state index contributed by atoms with van der Waals surface area (Å²) >= 11 is 0. The summed E-state index contributed by atoms with van der Waals surface area (Å²) in [5.74, 6) is 2.34. The Balaban J connectivity index is 2.43. The molecule has 0 spiro atoms. The van der Waals surface area contributed by atoms with E-state index in [4.69, 9.17) is 0 Å². The molecule has 1 nitrogen and oxygen atoms in total. The van der Waals surface area contributed by atoms with Crippen LogP contribution in [0.5, 0.6) is 0 Å². The number of carbonyl (C=O) groups is 1. The first-order chi connectivity index (χ1) is 5.59. The second-order valence-corrected chi connectivity index (χ2v) is 4.67. The van der Waals surface area contributed by atoms with Crippen LogP contribution in [0, 0.1) is 17.8 Å². The lowest BCUT2D eigenvalue weighted by Gasteiger charge is -2.26. The first kappa shape index (κ1) is 9.76. The molecule has 0 radical (unpaired) electrons. The molecule has 0 aromatic carbocycles. The van der Waals surface area contributed by atoms with Crippen LogP contribution in [0.1, 0.15) is 46.5 Å². The van der Waals surface area contributed by atoms with E-state index < -0.39 is 0 Å². The van der Waals surface area contributed by atoms with Crippen molar-refractivity contribution < 1.29 is 4.79 Å². The van der Waals surface area contributed by atoms with Crippen molar-refractivity contribution in [3.8, 4) is 0 Å². The fourth-order valence-corrected chi connectivity index (χ4v) is 2.12. The van der Waals surface area contributed by atoms with Crippen molar-refractivity contribution in [3.63, 3.8) is 0 Å². The number of hydrogen-bond acceptors (Lipinski definition) is 1. The van der Waals surface area contributed by atoms with Crippen molar-refractivity contribution in [1.29, 1.82) is 0 Å². The Morgan fingerprint density at radius 3 is 2.75 bits per heavy atom. The maximum Gasteiger partial charge on any atom is 0.136 e. The highest BCUT2D eigenvalue weighted by atomic mass is 16.1. The molecule has 1 aliphatic rings. The number of ketones is 1. The first-order valence-corrected chi connectivity index (χ1v) is 5.12. The summed E-state index contributed by atoms with van der Waals surface area (Å²) in [7, 11) is 0. The van der Waals surface area contributed by atoms with E-state index in [-0.39, 0.29) is 0 Å². The van der Waals surface area contributed by atoms with E-state index in [9.17, 15) is 4.79 Å². The van der Waals surface area contributed by atoms with Crippen molar-refractivity contribution in [2.24, 2.45) is 17.8 Å². The maximum atomic E-state index is 11.5. The molecule has 1 saturated carbocycles. The standard InChI is InChI=1S/C11H20O/c1-8(2)6-10-7-9(3)4-5-11(10)12/h8-10H,4-7H2,1-3H3/t9-,10-/m1/s1. The summed E-state index contributed by atoms with van der Waals surface area (Å²) in [5.41, 5.74) is 0. The van der Waals surface area contributed by atoms with Crippen LogP contribution in [-0.2, 0) is 4.79 Å². The average molecular weight is 168 g/mol. The van der Waals surface area contributed by atoms with Crippen molar-refractivity contribution in [2.75, 3.05) is 0 Å². The van der Waals surface area contributed by atoms with Gasteiger partial charge in [0.25, 0.3) is 0 Å². The Morgan fingerprint density at radius 2 is 2.17 bits per heavy atom. The summed E-state index contributed by atoms with van der Waals surface area (Å²) in [6.45, 7) is 6.67. The molecule has 1 rings (SSSR count). The highest BCUT2D eigenvalue weighted by Crippen LogP contribution is 2.29. The van der Waals surface area contributed by atoms with Crippen LogP contribution < -0.4 is 0 Å². The molecule has 0 aromatic heterocycles. The predicted octanol–water partition coefficient (Wildman–Crippen LogP) is 3.04. The minimum atomic E-state index is 0.383. The molecule has 0 N–H and O–H groups in total. The molecule has 0 aromatic rings. The van der Waals surface area contributed by atoms with E-state index in [0.717, 1.165) is 31.6 Å². The second-order valence-electron chi connectivity index (χ2n) is 4.67. The largest absolute Gasteiger partial charge is 0.299 e. The predicted molar refractivity (Wildman–Crippen MR) is 51.0 cm³/mol. The molecule has 0 aliphatic heterocycles. The van der Waals surface area contributed by atoms with Crippen molar-refractivity contribution in [3.05, 3.63) is 0 Å². The van der Waals surface area contributed by atoms with Crippen LogP contribution in [-0.4, -0.2) is 5.78 Å². The SMILES string of the molecule is CC(C)C[C@@H]1C[C@H](C)CCC1=O. The van der Waals surface area contributed by atoms with Gasteiger partial charge in [-0.1, -0.05) is 20.8 Å². The third-order valence-corrected chi connectivity index (χ3v) is 2.78. The Labute approximate surface area is 75.5 Å². The van der Waals surface area contributed by atoms with Gasteiger partial charge in [0.1, 0.15) is 5.78 Å². The van der Waals surface area contributed by atoms with E-state index >= 15 is 0 Å². The summed E-state index contributed by atoms with van der Waals surface area (Å²) in [6, 6.07) is 0. The molecule has 0 bridgehead atoms. The zero-order chi connectivity index (χ0) is 9.14. The lowest BCUT2D eigenvalue weighted by atomic mass is 9.78. The highest BCUT2D eigenvalue weighted by molar-refractivity contribution is 5.81. The number of hydrogen-bond donors (Lipinski definition) is 0. The van der Waals surface area contributed by atoms with Crippen LogP contribution in [0.3, 0.4) is 0 Å². The topological polar surface area (TPSA) is 17.1 Å². The molecule has 2 atom stereocenters. The molecule has 12 heavy (non-hydrogen) atoms. The van der Waals surface area contributed by atoms with Crippen molar-refractivity contribution >= 4 is 5.78 Å². The normalized spacial score (nSPS) is 31.2. The van der Waals surface area contributed by atoms with Gasteiger partial charge in [0.2, 0.25) is 0 Å². The van der Waals surface area contributed by atoms with Gasteiger partial charge in [-0.15, -0.1) is 0 Å². The van der Waals surface area contributed by atoms with Gasteiger partial charge < -0.3 is 0 Å². The lowest BCUT2D eigenvalue weighted by molar-refractivity contribution is -0.126. The van der Waals surface area contributed by atoms with Crippen molar-refractivity contribution in [1.82, 2.24) is 0 Å². The van der Waals surface area contributed by atoms with Crippen LogP contribution in [0.25, 0.3) is 0 Å². The zero-order valence-corrected chi connectivity index (χ0v) is 8.47. The van der Waals surface area contributed by atoms with Crippen molar-refractivity contribution in [2.45, 2.75) is 46.5 Å². The average Bonchev–Trinajstić information content (AvgIpc) is 1.96. The summed E-state index contributed by atoms with van der Waals surface area (Å²) in [4.78, 5) is 11.5. The van der Waals surface area contributed by atoms with Gasteiger partial charge in [-0.2, -0.15) is 0 Å². The third-order valence-electron chi connectivity index (χ3n) is 2.78. The monoisotopic (exact) mass is 168 g/mol. The van der Waals surface area contributed by atoms with Gasteiger partial charge in [0, 0.05) is 12.3 Å². The quantitative estimate of drug-likeness (QED) is 0.619. The third kappa shape index (κ3) is 2.62. The van der Waals surface area contributed by atoms with E-state index in [0.29, 0.717) is 17.6 Å². The highest BCUT2D eigenvalue weighted by Gasteiger charge is 2.26. The number of rotatable bonds is 2. The van der Waals surface area contributed by atoms with Crippen LogP contribution >= 0.6 is 0 Å². The van der Waals surface area contributed by atoms with Crippen LogP contribution in [0.4, 0.5) is 0 Å². The summed E-state index contributed by atoms with van der Waals surface area (Å²) in [5, 5.41) is 0. The van der Waals surface area contributed by atoms with E-state index in [1.54, 1.807) is 0 Å². The second kappa shape index (κ2) is 4.06. The molecule has 0 saturated heterocycles. The van der Waals surface area contributed by atoms with Gasteiger partial charge in [-0.25, -0.2) is 0 Å². The molecule has 0 heterocycles. The molecule has 1 fully saturated rings. The molecule has 0 unspecified atom stereocenters. The summed E-state index contributed by atoms with van der Waals surface area (Å²) in [6.07, 6.45) is 4.19. The minimum absolute atomic E-state index is 0.383. The fraction of sp³-hybridized carbons (Fsp3) is 0.909. The molecular weight excluding hydrogens is 148 g/mol. The molecule has 1 heteroatoms. The maximum absolute atomic E-state index is 11.5. The molecule has 70 valence electrons. The van der Waals surface area contributed by atoms with Gasteiger partial charge in [-0.3, -0.25) is 4.79 Å².